The number of non-ortho nitro benzene ring substituents is 1. The second-order valence-electron chi connectivity index (χ2n) is 4.01. The van der Waals surface area contributed by atoms with Gasteiger partial charge in [0.15, 0.2) is 5.11 Å². The maximum Gasteiger partial charge on any atom is 0.271 e. The number of hydrogen-bond donors (Lipinski definition) is 2. The van der Waals surface area contributed by atoms with Crippen LogP contribution in [0.15, 0.2) is 18.2 Å². The molecule has 1 aromatic carbocycles. The van der Waals surface area contributed by atoms with Crippen molar-refractivity contribution in [3.63, 3.8) is 0 Å². The lowest BCUT2D eigenvalue weighted by atomic mass is 10.2. The molecule has 0 unspecified atom stereocenters. The Morgan fingerprint density at radius 2 is 2.12 bits per heavy atom. The molecule has 0 aliphatic rings. The van der Waals surface area contributed by atoms with Gasteiger partial charge in [-0.1, -0.05) is 6.07 Å². The molecule has 0 saturated heterocycles. The van der Waals surface area contributed by atoms with Crippen LogP contribution in [0.5, 0.6) is 0 Å². The number of benzene rings is 1. The molecule has 2 N–H and O–H groups in total. The molecular formula is C11H15N3O2S. The number of nitrogens with one attached hydrogen (secondary N) is 2. The number of thiocarbonyl (C=S) groups is 1. The highest BCUT2D eigenvalue weighted by Crippen LogP contribution is 2.21. The molecule has 1 aromatic rings. The molecule has 0 heterocycles. The van der Waals surface area contributed by atoms with Crippen molar-refractivity contribution in [1.29, 1.82) is 0 Å². The third-order valence-electron chi connectivity index (χ3n) is 2.10. The van der Waals surface area contributed by atoms with Gasteiger partial charge in [0.1, 0.15) is 0 Å². The van der Waals surface area contributed by atoms with Crippen LogP contribution in [0.1, 0.15) is 19.4 Å². The van der Waals surface area contributed by atoms with Crippen molar-refractivity contribution in [3.8, 4) is 0 Å². The normalized spacial score (nSPS) is 10.1. The summed E-state index contributed by atoms with van der Waals surface area (Å²) in [5, 5.41) is 17.1. The van der Waals surface area contributed by atoms with Gasteiger partial charge in [-0.15, -0.1) is 0 Å². The third-order valence-corrected chi connectivity index (χ3v) is 2.32. The van der Waals surface area contributed by atoms with Gasteiger partial charge in [-0.2, -0.15) is 0 Å². The molecule has 0 radical (unpaired) electrons. The fourth-order valence-electron chi connectivity index (χ4n) is 1.28. The molecule has 0 fully saturated rings. The molecule has 0 atom stereocenters. The zero-order valence-corrected chi connectivity index (χ0v) is 10.8. The summed E-state index contributed by atoms with van der Waals surface area (Å²) in [5.74, 6) is 0. The van der Waals surface area contributed by atoms with E-state index in [2.05, 4.69) is 10.6 Å². The summed E-state index contributed by atoms with van der Waals surface area (Å²) in [5.41, 5.74) is 1.60. The predicted octanol–water partition coefficient (Wildman–Crippen LogP) is 2.60. The lowest BCUT2D eigenvalue weighted by molar-refractivity contribution is -0.384. The molecule has 92 valence electrons. The minimum atomic E-state index is -0.427. The molecule has 6 heteroatoms. The van der Waals surface area contributed by atoms with Gasteiger partial charge in [-0.25, -0.2) is 0 Å². The average molecular weight is 253 g/mol. The van der Waals surface area contributed by atoms with Crippen LogP contribution < -0.4 is 10.6 Å². The standard InChI is InChI=1S/C11H15N3O2S/c1-7(2)12-11(17)13-10-6-9(14(15)16)5-4-8(10)3/h4-7H,1-3H3,(H2,12,13,17). The molecule has 0 amide bonds. The lowest BCUT2D eigenvalue weighted by Gasteiger charge is -2.14. The van der Waals surface area contributed by atoms with Crippen molar-refractivity contribution in [3.05, 3.63) is 33.9 Å². The topological polar surface area (TPSA) is 67.2 Å². The summed E-state index contributed by atoms with van der Waals surface area (Å²) in [6.45, 7) is 5.80. The first-order valence-corrected chi connectivity index (χ1v) is 5.63. The van der Waals surface area contributed by atoms with Crippen molar-refractivity contribution in [1.82, 2.24) is 5.32 Å². The first kappa shape index (κ1) is 13.4. The Balaban J connectivity index is 2.86. The predicted molar refractivity (Wildman–Crippen MR) is 72.3 cm³/mol. The van der Waals surface area contributed by atoms with Gasteiger partial charge in [-0.3, -0.25) is 10.1 Å². The fraction of sp³-hybridized carbons (Fsp3) is 0.364. The van der Waals surface area contributed by atoms with E-state index < -0.39 is 4.92 Å². The Morgan fingerprint density at radius 3 is 2.65 bits per heavy atom. The number of nitro groups is 1. The summed E-state index contributed by atoms with van der Waals surface area (Å²) in [6, 6.07) is 4.86. The molecule has 0 spiro atoms. The molecular weight excluding hydrogens is 238 g/mol. The number of nitro benzene ring substituents is 1. The Bertz CT molecular complexity index is 446. The van der Waals surface area contributed by atoms with E-state index in [1.807, 2.05) is 20.8 Å². The molecule has 1 rings (SSSR count). The highest BCUT2D eigenvalue weighted by atomic mass is 32.1. The number of hydrogen-bond acceptors (Lipinski definition) is 3. The lowest BCUT2D eigenvalue weighted by Crippen LogP contribution is -2.34. The SMILES string of the molecule is Cc1ccc([N+](=O)[O-])cc1NC(=S)NC(C)C. The van der Waals surface area contributed by atoms with Crippen LogP contribution in [-0.2, 0) is 0 Å². The van der Waals surface area contributed by atoms with E-state index in [0.717, 1.165) is 5.56 Å². The van der Waals surface area contributed by atoms with E-state index >= 15 is 0 Å². The molecule has 0 aromatic heterocycles. The Morgan fingerprint density at radius 1 is 1.47 bits per heavy atom. The van der Waals surface area contributed by atoms with Crippen LogP contribution >= 0.6 is 12.2 Å². The largest absolute Gasteiger partial charge is 0.360 e. The summed E-state index contributed by atoms with van der Waals surface area (Å²) in [6.07, 6.45) is 0. The van der Waals surface area contributed by atoms with Gasteiger partial charge in [0.25, 0.3) is 5.69 Å². The van der Waals surface area contributed by atoms with Crippen LogP contribution in [0.4, 0.5) is 11.4 Å². The van der Waals surface area contributed by atoms with Crippen molar-refractivity contribution < 1.29 is 4.92 Å². The first-order valence-electron chi connectivity index (χ1n) is 5.22. The van der Waals surface area contributed by atoms with Crippen molar-refractivity contribution in [2.24, 2.45) is 0 Å². The summed E-state index contributed by atoms with van der Waals surface area (Å²) in [7, 11) is 0. The average Bonchev–Trinajstić information content (AvgIpc) is 2.19. The first-order chi connectivity index (χ1) is 7.90. The van der Waals surface area contributed by atoms with Gasteiger partial charge >= 0.3 is 0 Å². The number of aryl methyl sites for hydroxylation is 1. The number of nitrogens with zero attached hydrogens (tertiary/aromatic N) is 1. The minimum Gasteiger partial charge on any atom is -0.360 e. The molecule has 5 nitrogen and oxygen atoms in total. The second kappa shape index (κ2) is 5.58. The maximum absolute atomic E-state index is 10.7. The zero-order chi connectivity index (χ0) is 13.0. The molecule has 0 saturated carbocycles. The van der Waals surface area contributed by atoms with Gasteiger partial charge in [0, 0.05) is 23.9 Å². The monoisotopic (exact) mass is 253 g/mol. The molecule has 0 bridgehead atoms. The van der Waals surface area contributed by atoms with Crippen LogP contribution in [0.25, 0.3) is 0 Å². The van der Waals surface area contributed by atoms with Crippen LogP contribution in [0.3, 0.4) is 0 Å². The van der Waals surface area contributed by atoms with Crippen molar-refractivity contribution in [2.75, 3.05) is 5.32 Å². The van der Waals surface area contributed by atoms with E-state index in [1.165, 1.54) is 12.1 Å². The van der Waals surface area contributed by atoms with Crippen molar-refractivity contribution >= 4 is 28.7 Å². The van der Waals surface area contributed by atoms with E-state index in [-0.39, 0.29) is 11.7 Å². The summed E-state index contributed by atoms with van der Waals surface area (Å²) < 4.78 is 0. The Hall–Kier alpha value is -1.69. The third kappa shape index (κ3) is 3.99. The Kier molecular flexibility index (Phi) is 4.39. The summed E-state index contributed by atoms with van der Waals surface area (Å²) in [4.78, 5) is 10.2. The van der Waals surface area contributed by atoms with Crippen LogP contribution in [0, 0.1) is 17.0 Å². The van der Waals surface area contributed by atoms with Crippen LogP contribution in [-0.4, -0.2) is 16.1 Å². The van der Waals surface area contributed by atoms with Gasteiger partial charge in [0.05, 0.1) is 4.92 Å². The highest BCUT2D eigenvalue weighted by Gasteiger charge is 2.09. The maximum atomic E-state index is 10.7. The second-order valence-corrected chi connectivity index (χ2v) is 4.42. The van der Waals surface area contributed by atoms with E-state index in [0.29, 0.717) is 10.8 Å². The van der Waals surface area contributed by atoms with E-state index in [4.69, 9.17) is 12.2 Å². The summed E-state index contributed by atoms with van der Waals surface area (Å²) >= 11 is 5.09. The molecule has 0 aliphatic carbocycles. The van der Waals surface area contributed by atoms with Gasteiger partial charge in [-0.05, 0) is 38.6 Å². The van der Waals surface area contributed by atoms with Crippen LogP contribution in [0.2, 0.25) is 0 Å². The fourth-order valence-corrected chi connectivity index (χ4v) is 1.62. The Labute approximate surface area is 105 Å². The quantitative estimate of drug-likeness (QED) is 0.492. The molecule has 0 aliphatic heterocycles. The van der Waals surface area contributed by atoms with Gasteiger partial charge < -0.3 is 10.6 Å². The molecule has 17 heavy (non-hydrogen) atoms. The number of anilines is 1. The van der Waals surface area contributed by atoms with E-state index in [1.54, 1.807) is 6.07 Å². The van der Waals surface area contributed by atoms with Gasteiger partial charge in [0.2, 0.25) is 0 Å². The zero-order valence-electron chi connectivity index (χ0n) is 9.98. The minimum absolute atomic E-state index is 0.0467. The van der Waals surface area contributed by atoms with E-state index in [9.17, 15) is 10.1 Å². The highest BCUT2D eigenvalue weighted by molar-refractivity contribution is 7.80. The smallest absolute Gasteiger partial charge is 0.271 e. The number of rotatable bonds is 3. The van der Waals surface area contributed by atoms with Crippen molar-refractivity contribution in [2.45, 2.75) is 26.8 Å².